The van der Waals surface area contributed by atoms with Crippen molar-refractivity contribution in [3.63, 3.8) is 0 Å². The van der Waals surface area contributed by atoms with Crippen LogP contribution in [-0.4, -0.2) is 30.6 Å². The summed E-state index contributed by atoms with van der Waals surface area (Å²) in [6, 6.07) is 9.56. The van der Waals surface area contributed by atoms with Gasteiger partial charge in [-0.1, -0.05) is 17.7 Å². The second-order valence-electron chi connectivity index (χ2n) is 4.12. The Balaban J connectivity index is 1.96. The van der Waals surface area contributed by atoms with Crippen LogP contribution in [0.15, 0.2) is 18.2 Å². The Hall–Kier alpha value is -0.570. The molecule has 1 aliphatic rings. The number of hydrogen-bond acceptors (Lipinski definition) is 2. The fourth-order valence-corrected chi connectivity index (χ4v) is 2.17. The molecular formula is C12H16ClN2. The molecule has 0 spiro atoms. The molecule has 1 saturated heterocycles. The number of nitrogens with one attached hydrogen (secondary N) is 1. The van der Waals surface area contributed by atoms with Crippen LogP contribution in [-0.2, 0) is 6.54 Å². The predicted octanol–water partition coefficient (Wildman–Crippen LogP) is 1.93. The third-order valence-electron chi connectivity index (χ3n) is 2.67. The van der Waals surface area contributed by atoms with Gasteiger partial charge < -0.3 is 5.32 Å². The molecule has 3 heteroatoms. The Morgan fingerprint density at radius 1 is 1.67 bits per heavy atom. The maximum Gasteiger partial charge on any atom is 0.0409 e. The Kier molecular flexibility index (Phi) is 3.62. The van der Waals surface area contributed by atoms with Gasteiger partial charge in [-0.05, 0) is 30.7 Å². The van der Waals surface area contributed by atoms with E-state index in [9.17, 15) is 0 Å². The van der Waals surface area contributed by atoms with Gasteiger partial charge in [0.05, 0.1) is 0 Å². The molecule has 1 aromatic carbocycles. The monoisotopic (exact) mass is 223 g/mol. The number of hydrogen-bond donors (Lipinski definition) is 1. The van der Waals surface area contributed by atoms with Crippen molar-refractivity contribution >= 4 is 11.6 Å². The fraction of sp³-hybridized carbons (Fsp3) is 0.500. The van der Waals surface area contributed by atoms with E-state index in [-0.39, 0.29) is 0 Å². The van der Waals surface area contributed by atoms with E-state index in [0.29, 0.717) is 6.04 Å². The van der Waals surface area contributed by atoms with E-state index >= 15 is 0 Å². The molecule has 2 rings (SSSR count). The van der Waals surface area contributed by atoms with Gasteiger partial charge in [-0.25, -0.2) is 0 Å². The van der Waals surface area contributed by atoms with Crippen LogP contribution < -0.4 is 5.32 Å². The van der Waals surface area contributed by atoms with Crippen LogP contribution in [0, 0.1) is 6.07 Å². The maximum atomic E-state index is 5.94. The van der Waals surface area contributed by atoms with E-state index in [1.165, 1.54) is 5.56 Å². The minimum atomic E-state index is 0.581. The molecule has 0 saturated carbocycles. The van der Waals surface area contributed by atoms with Crippen molar-refractivity contribution in [2.24, 2.45) is 0 Å². The highest BCUT2D eigenvalue weighted by Gasteiger charge is 2.15. The minimum absolute atomic E-state index is 0.581. The summed E-state index contributed by atoms with van der Waals surface area (Å²) in [6.45, 7) is 6.44. The lowest BCUT2D eigenvalue weighted by atomic mass is 10.1. The van der Waals surface area contributed by atoms with Crippen LogP contribution >= 0.6 is 11.6 Å². The lowest BCUT2D eigenvalue weighted by Gasteiger charge is -2.31. The molecule has 1 aromatic rings. The molecule has 1 radical (unpaired) electrons. The van der Waals surface area contributed by atoms with E-state index in [4.69, 9.17) is 11.6 Å². The van der Waals surface area contributed by atoms with Crippen LogP contribution in [0.1, 0.15) is 12.5 Å². The first-order chi connectivity index (χ1) is 7.24. The first kappa shape index (κ1) is 10.9. The van der Waals surface area contributed by atoms with Gasteiger partial charge in [0.1, 0.15) is 0 Å². The highest BCUT2D eigenvalue weighted by molar-refractivity contribution is 6.30. The van der Waals surface area contributed by atoms with Gasteiger partial charge in [-0.15, -0.1) is 0 Å². The lowest BCUT2D eigenvalue weighted by molar-refractivity contribution is 0.199. The van der Waals surface area contributed by atoms with Crippen molar-refractivity contribution in [2.75, 3.05) is 19.6 Å². The summed E-state index contributed by atoms with van der Waals surface area (Å²) in [7, 11) is 0. The zero-order valence-corrected chi connectivity index (χ0v) is 9.72. The summed E-state index contributed by atoms with van der Waals surface area (Å²) in [6.07, 6.45) is 0. The normalized spacial score (nSPS) is 22.9. The largest absolute Gasteiger partial charge is 0.312 e. The SMILES string of the molecule is C[C@H]1CN(Cc2[c]ccc(Cl)c2)CCN1. The quantitative estimate of drug-likeness (QED) is 0.825. The van der Waals surface area contributed by atoms with E-state index in [0.717, 1.165) is 31.2 Å². The van der Waals surface area contributed by atoms with Gasteiger partial charge >= 0.3 is 0 Å². The highest BCUT2D eigenvalue weighted by Crippen LogP contribution is 2.12. The summed E-state index contributed by atoms with van der Waals surface area (Å²) in [5.74, 6) is 0. The summed E-state index contributed by atoms with van der Waals surface area (Å²) in [5.41, 5.74) is 1.18. The van der Waals surface area contributed by atoms with Crippen molar-refractivity contribution in [3.8, 4) is 0 Å². The van der Waals surface area contributed by atoms with Gasteiger partial charge in [-0.2, -0.15) is 0 Å². The second-order valence-corrected chi connectivity index (χ2v) is 4.56. The van der Waals surface area contributed by atoms with Crippen molar-refractivity contribution in [2.45, 2.75) is 19.5 Å². The average Bonchev–Trinajstić information content (AvgIpc) is 2.17. The third-order valence-corrected chi connectivity index (χ3v) is 2.91. The van der Waals surface area contributed by atoms with Gasteiger partial charge in [0, 0.05) is 37.2 Å². The summed E-state index contributed by atoms with van der Waals surface area (Å²) in [5, 5.41) is 4.23. The average molecular weight is 224 g/mol. The molecule has 1 fully saturated rings. The molecule has 1 heterocycles. The number of rotatable bonds is 2. The Morgan fingerprint density at radius 2 is 2.53 bits per heavy atom. The van der Waals surface area contributed by atoms with Crippen molar-refractivity contribution < 1.29 is 0 Å². The summed E-state index contributed by atoms with van der Waals surface area (Å²) < 4.78 is 0. The fourth-order valence-electron chi connectivity index (χ4n) is 1.97. The molecule has 1 N–H and O–H groups in total. The standard InChI is InChI=1S/C12H16ClN2/c1-10-8-15(6-5-14-10)9-11-3-2-4-12(13)7-11/h2,4,7,10,14H,5-6,8-9H2,1H3/t10-/m0/s1. The molecule has 0 aromatic heterocycles. The van der Waals surface area contributed by atoms with Crippen LogP contribution in [0.5, 0.6) is 0 Å². The molecule has 1 aliphatic heterocycles. The molecule has 0 aliphatic carbocycles. The minimum Gasteiger partial charge on any atom is -0.312 e. The second kappa shape index (κ2) is 4.97. The topological polar surface area (TPSA) is 15.3 Å². The first-order valence-corrected chi connectivity index (χ1v) is 5.74. The zero-order chi connectivity index (χ0) is 10.7. The van der Waals surface area contributed by atoms with Gasteiger partial charge in [0.15, 0.2) is 0 Å². The Morgan fingerprint density at radius 3 is 3.27 bits per heavy atom. The van der Waals surface area contributed by atoms with Crippen molar-refractivity contribution in [3.05, 3.63) is 34.9 Å². The maximum absolute atomic E-state index is 5.94. The summed E-state index contributed by atoms with van der Waals surface area (Å²) >= 11 is 5.94. The van der Waals surface area contributed by atoms with E-state index < -0.39 is 0 Å². The first-order valence-electron chi connectivity index (χ1n) is 5.36. The molecular weight excluding hydrogens is 208 g/mol. The van der Waals surface area contributed by atoms with Crippen LogP contribution in [0.25, 0.3) is 0 Å². The van der Waals surface area contributed by atoms with Crippen LogP contribution in [0.2, 0.25) is 5.02 Å². The molecule has 15 heavy (non-hydrogen) atoms. The number of benzene rings is 1. The van der Waals surface area contributed by atoms with E-state index in [2.05, 4.69) is 23.2 Å². The smallest absolute Gasteiger partial charge is 0.0409 e. The highest BCUT2D eigenvalue weighted by atomic mass is 35.5. The van der Waals surface area contributed by atoms with Crippen LogP contribution in [0.4, 0.5) is 0 Å². The lowest BCUT2D eigenvalue weighted by Crippen LogP contribution is -2.48. The number of piperazine rings is 1. The predicted molar refractivity (Wildman–Crippen MR) is 63.0 cm³/mol. The third kappa shape index (κ3) is 3.20. The Labute approximate surface area is 96.2 Å². The van der Waals surface area contributed by atoms with E-state index in [1.54, 1.807) is 0 Å². The van der Waals surface area contributed by atoms with Gasteiger partial charge in [0.25, 0.3) is 0 Å². The molecule has 0 bridgehead atoms. The molecule has 81 valence electrons. The van der Waals surface area contributed by atoms with Crippen molar-refractivity contribution in [1.29, 1.82) is 0 Å². The molecule has 1 atom stereocenters. The summed E-state index contributed by atoms with van der Waals surface area (Å²) in [4.78, 5) is 2.43. The number of nitrogens with zero attached hydrogens (tertiary/aromatic N) is 1. The Bertz CT molecular complexity index is 327. The molecule has 2 nitrogen and oxygen atoms in total. The van der Waals surface area contributed by atoms with Crippen LogP contribution in [0.3, 0.4) is 0 Å². The van der Waals surface area contributed by atoms with Crippen molar-refractivity contribution in [1.82, 2.24) is 10.2 Å². The molecule has 0 unspecified atom stereocenters. The van der Waals surface area contributed by atoms with Gasteiger partial charge in [0.2, 0.25) is 0 Å². The number of halogens is 1. The zero-order valence-electron chi connectivity index (χ0n) is 8.96. The molecule has 0 amide bonds. The van der Waals surface area contributed by atoms with E-state index in [1.807, 2.05) is 18.2 Å². The van der Waals surface area contributed by atoms with Gasteiger partial charge in [-0.3, -0.25) is 4.90 Å².